The fraction of sp³-hybridized carbons (Fsp3) is 0.0909. The van der Waals surface area contributed by atoms with Crippen LogP contribution in [-0.2, 0) is 0 Å². The van der Waals surface area contributed by atoms with E-state index in [2.05, 4.69) is 20.9 Å². The van der Waals surface area contributed by atoms with Crippen molar-refractivity contribution in [3.05, 3.63) is 44.2 Å². The number of nitrogens with one attached hydrogen (secondary N) is 1. The highest BCUT2D eigenvalue weighted by molar-refractivity contribution is 9.10. The lowest BCUT2D eigenvalue weighted by molar-refractivity contribution is 0.0691. The molecule has 0 atom stereocenters. The number of aryl methyl sites for hydroxylation is 1. The first-order valence-electron chi connectivity index (χ1n) is 4.56. The maximum absolute atomic E-state index is 11.8. The molecular weight excluding hydrogens is 274 g/mol. The molecule has 4 nitrogen and oxygen atoms in total. The molecule has 82 valence electrons. The topological polar surface area (TPSA) is 70.2 Å². The summed E-state index contributed by atoms with van der Waals surface area (Å²) in [4.78, 5) is 25.3. The van der Waals surface area contributed by atoms with Crippen molar-refractivity contribution in [2.24, 2.45) is 0 Å². The molecule has 2 N–H and O–H groups in total. The Kier molecular flexibility index (Phi) is 2.55. The molecular formula is C11H8BrNO3. The third-order valence-electron chi connectivity index (χ3n) is 2.37. The molecule has 0 aliphatic heterocycles. The van der Waals surface area contributed by atoms with Crippen LogP contribution in [0.15, 0.2) is 27.5 Å². The van der Waals surface area contributed by atoms with Crippen LogP contribution in [0.25, 0.3) is 10.9 Å². The Hall–Kier alpha value is -1.62. The van der Waals surface area contributed by atoms with Crippen LogP contribution in [0.4, 0.5) is 0 Å². The van der Waals surface area contributed by atoms with Crippen LogP contribution in [0.1, 0.15) is 16.1 Å². The van der Waals surface area contributed by atoms with Crippen LogP contribution in [0.3, 0.4) is 0 Å². The second-order valence-corrected chi connectivity index (χ2v) is 4.32. The average Bonchev–Trinajstić information content (AvgIpc) is 2.22. The first-order valence-corrected chi connectivity index (χ1v) is 5.35. The third kappa shape index (κ3) is 1.63. The number of pyridine rings is 1. The molecule has 1 aromatic heterocycles. The van der Waals surface area contributed by atoms with Gasteiger partial charge in [-0.15, -0.1) is 0 Å². The maximum atomic E-state index is 11.8. The molecule has 0 fully saturated rings. The van der Waals surface area contributed by atoms with Gasteiger partial charge in [0.2, 0.25) is 0 Å². The van der Waals surface area contributed by atoms with Crippen molar-refractivity contribution in [3.63, 3.8) is 0 Å². The molecule has 1 aromatic carbocycles. The van der Waals surface area contributed by atoms with Gasteiger partial charge in [0.05, 0.1) is 5.52 Å². The monoisotopic (exact) mass is 281 g/mol. The lowest BCUT2D eigenvalue weighted by atomic mass is 10.1. The van der Waals surface area contributed by atoms with Gasteiger partial charge in [-0.25, -0.2) is 4.79 Å². The number of carboxylic acid groups (broad SMARTS) is 1. The lowest BCUT2D eigenvalue weighted by Gasteiger charge is -2.05. The predicted octanol–water partition coefficient (Wildman–Crippen LogP) is 2.30. The number of halogens is 1. The first-order chi connectivity index (χ1) is 7.50. The van der Waals surface area contributed by atoms with Crippen molar-refractivity contribution in [1.29, 1.82) is 0 Å². The minimum atomic E-state index is -1.15. The quantitative estimate of drug-likeness (QED) is 0.843. The Bertz CT molecular complexity index is 645. The lowest BCUT2D eigenvalue weighted by Crippen LogP contribution is -2.10. The summed E-state index contributed by atoms with van der Waals surface area (Å²) in [6, 6.07) is 4.69. The smallest absolute Gasteiger partial charge is 0.352 e. The van der Waals surface area contributed by atoms with E-state index in [1.165, 1.54) is 0 Å². The Balaban J connectivity index is 2.98. The van der Waals surface area contributed by atoms with Crippen molar-refractivity contribution in [2.75, 3.05) is 0 Å². The van der Waals surface area contributed by atoms with Crippen LogP contribution in [0.5, 0.6) is 0 Å². The number of carboxylic acids is 1. The standard InChI is InChI=1S/C11H8BrNO3/c1-5-2-3-6(12)10-9(5)8(14)4-7(13-10)11(15)16/h2-4H,1H3,(H,13,14)(H,15,16). The molecule has 0 radical (unpaired) electrons. The largest absolute Gasteiger partial charge is 0.477 e. The summed E-state index contributed by atoms with van der Waals surface area (Å²) < 4.78 is 0.674. The van der Waals surface area contributed by atoms with Crippen molar-refractivity contribution in [2.45, 2.75) is 6.92 Å². The number of H-pyrrole nitrogens is 1. The number of fused-ring (bicyclic) bond motifs is 1. The Labute approximate surface area is 99.0 Å². The molecule has 0 saturated heterocycles. The maximum Gasteiger partial charge on any atom is 0.352 e. The summed E-state index contributed by atoms with van der Waals surface area (Å²) in [5.41, 5.74) is 0.940. The molecule has 1 heterocycles. The number of hydrogen-bond acceptors (Lipinski definition) is 2. The number of hydrogen-bond donors (Lipinski definition) is 2. The zero-order valence-corrected chi connectivity index (χ0v) is 9.96. The fourth-order valence-electron chi connectivity index (χ4n) is 1.61. The van der Waals surface area contributed by atoms with Gasteiger partial charge in [-0.05, 0) is 34.5 Å². The third-order valence-corrected chi connectivity index (χ3v) is 3.04. The van der Waals surface area contributed by atoms with E-state index in [4.69, 9.17) is 5.11 Å². The van der Waals surface area contributed by atoms with E-state index in [0.29, 0.717) is 15.4 Å². The van der Waals surface area contributed by atoms with Gasteiger partial charge in [0.1, 0.15) is 5.69 Å². The zero-order chi connectivity index (χ0) is 11.9. The number of aromatic amines is 1. The van der Waals surface area contributed by atoms with E-state index in [-0.39, 0.29) is 11.1 Å². The van der Waals surface area contributed by atoms with E-state index < -0.39 is 5.97 Å². The first kappa shape index (κ1) is 10.9. The molecule has 0 amide bonds. The van der Waals surface area contributed by atoms with Crippen LogP contribution in [-0.4, -0.2) is 16.1 Å². The summed E-state index contributed by atoms with van der Waals surface area (Å²) in [6.45, 7) is 1.81. The molecule has 0 saturated carbocycles. The number of aromatic carboxylic acids is 1. The van der Waals surface area contributed by atoms with Gasteiger partial charge in [-0.2, -0.15) is 0 Å². The summed E-state index contributed by atoms with van der Waals surface area (Å²) in [6.07, 6.45) is 0. The molecule has 0 unspecified atom stereocenters. The van der Waals surface area contributed by atoms with Gasteiger partial charge in [-0.3, -0.25) is 4.79 Å². The van der Waals surface area contributed by atoms with Crippen molar-refractivity contribution in [1.82, 2.24) is 4.98 Å². The average molecular weight is 282 g/mol. The van der Waals surface area contributed by atoms with Gasteiger partial charge in [0, 0.05) is 15.9 Å². The van der Waals surface area contributed by atoms with Crippen LogP contribution < -0.4 is 5.43 Å². The van der Waals surface area contributed by atoms with Crippen LogP contribution >= 0.6 is 15.9 Å². The molecule has 5 heteroatoms. The minimum Gasteiger partial charge on any atom is -0.477 e. The molecule has 16 heavy (non-hydrogen) atoms. The molecule has 2 aromatic rings. The Morgan fingerprint density at radius 1 is 1.44 bits per heavy atom. The van der Waals surface area contributed by atoms with Gasteiger partial charge in [0.25, 0.3) is 0 Å². The number of rotatable bonds is 1. The second kappa shape index (κ2) is 3.75. The minimum absolute atomic E-state index is 0.108. The van der Waals surface area contributed by atoms with E-state index in [1.807, 2.05) is 13.0 Å². The number of carbonyl (C=O) groups is 1. The van der Waals surface area contributed by atoms with E-state index in [1.54, 1.807) is 6.07 Å². The van der Waals surface area contributed by atoms with Crippen molar-refractivity contribution >= 4 is 32.8 Å². The normalized spacial score (nSPS) is 10.6. The number of aromatic nitrogens is 1. The summed E-state index contributed by atoms with van der Waals surface area (Å²) >= 11 is 3.29. The molecule has 2 rings (SSSR count). The highest BCUT2D eigenvalue weighted by atomic mass is 79.9. The van der Waals surface area contributed by atoms with Crippen LogP contribution in [0.2, 0.25) is 0 Å². The Morgan fingerprint density at radius 3 is 2.75 bits per heavy atom. The highest BCUT2D eigenvalue weighted by Crippen LogP contribution is 2.22. The molecule has 0 spiro atoms. The van der Waals surface area contributed by atoms with E-state index in [9.17, 15) is 9.59 Å². The molecule has 0 aliphatic rings. The van der Waals surface area contributed by atoms with Crippen molar-refractivity contribution in [3.8, 4) is 0 Å². The summed E-state index contributed by atoms with van der Waals surface area (Å²) in [7, 11) is 0. The van der Waals surface area contributed by atoms with Gasteiger partial charge < -0.3 is 10.1 Å². The zero-order valence-electron chi connectivity index (χ0n) is 8.37. The Morgan fingerprint density at radius 2 is 2.12 bits per heavy atom. The SMILES string of the molecule is Cc1ccc(Br)c2[nH]c(C(=O)O)cc(=O)c12. The summed E-state index contributed by atoms with van der Waals surface area (Å²) in [5.74, 6) is -1.15. The van der Waals surface area contributed by atoms with Gasteiger partial charge in [-0.1, -0.05) is 6.07 Å². The fourth-order valence-corrected chi connectivity index (χ4v) is 2.04. The van der Waals surface area contributed by atoms with Crippen LogP contribution in [0, 0.1) is 6.92 Å². The molecule has 0 aliphatic carbocycles. The van der Waals surface area contributed by atoms with E-state index in [0.717, 1.165) is 11.6 Å². The predicted molar refractivity (Wildman–Crippen MR) is 64.0 cm³/mol. The van der Waals surface area contributed by atoms with Gasteiger partial charge >= 0.3 is 5.97 Å². The molecule has 0 bridgehead atoms. The van der Waals surface area contributed by atoms with Gasteiger partial charge in [0.15, 0.2) is 5.43 Å². The highest BCUT2D eigenvalue weighted by Gasteiger charge is 2.11. The number of benzene rings is 1. The van der Waals surface area contributed by atoms with E-state index >= 15 is 0 Å². The summed E-state index contributed by atoms with van der Waals surface area (Å²) in [5, 5.41) is 9.36. The van der Waals surface area contributed by atoms with Crippen molar-refractivity contribution < 1.29 is 9.90 Å². The second-order valence-electron chi connectivity index (χ2n) is 3.47.